The van der Waals surface area contributed by atoms with E-state index < -0.39 is 6.16 Å². The minimum absolute atomic E-state index is 0.0399. The molecular weight excluding hydrogens is 564 g/mol. The van der Waals surface area contributed by atoms with Crippen LogP contribution in [0, 0.1) is 0 Å². The van der Waals surface area contributed by atoms with Gasteiger partial charge >= 0.3 is 6.16 Å². The van der Waals surface area contributed by atoms with E-state index in [0.29, 0.717) is 43.6 Å². The highest BCUT2D eigenvalue weighted by atomic mass is 16.7. The zero-order valence-electron chi connectivity index (χ0n) is 24.9. The van der Waals surface area contributed by atoms with Gasteiger partial charge in [0.2, 0.25) is 0 Å². The zero-order valence-corrected chi connectivity index (χ0v) is 24.9. The molecule has 11 nitrogen and oxygen atoms in total. The summed E-state index contributed by atoms with van der Waals surface area (Å²) >= 11 is 0. The molecule has 6 rings (SSSR count). The number of rotatable bonds is 6. The van der Waals surface area contributed by atoms with Crippen LogP contribution in [0.2, 0.25) is 0 Å². The molecule has 0 radical (unpaired) electrons. The molecule has 6 aromatic rings. The molecule has 0 aliphatic carbocycles. The first-order valence-corrected chi connectivity index (χ1v) is 13.9. The first-order chi connectivity index (χ1) is 21.1. The summed E-state index contributed by atoms with van der Waals surface area (Å²) in [4.78, 5) is 48.6. The van der Waals surface area contributed by atoms with E-state index in [1.165, 1.54) is 23.4 Å². The maximum absolute atomic E-state index is 13.3. The number of pyridine rings is 4. The van der Waals surface area contributed by atoms with Crippen molar-refractivity contribution in [3.8, 4) is 11.5 Å². The van der Waals surface area contributed by atoms with Gasteiger partial charge in [0, 0.05) is 42.3 Å². The van der Waals surface area contributed by atoms with E-state index in [9.17, 15) is 14.4 Å². The average Bonchev–Trinajstić information content (AvgIpc) is 3.00. The Kier molecular flexibility index (Phi) is 7.36. The molecule has 0 saturated heterocycles. The molecular formula is C33H30N4O7. The van der Waals surface area contributed by atoms with Gasteiger partial charge in [-0.05, 0) is 60.7 Å². The molecule has 4 heterocycles. The molecule has 4 aromatic heterocycles. The van der Waals surface area contributed by atoms with Gasteiger partial charge in [-0.25, -0.2) is 4.79 Å². The Hall–Kier alpha value is -5.13. The number of ether oxygens (including phenoxy) is 4. The van der Waals surface area contributed by atoms with Gasteiger partial charge in [0.05, 0.1) is 32.8 Å². The van der Waals surface area contributed by atoms with Crippen LogP contribution in [0.15, 0.2) is 76.4 Å². The molecule has 0 atom stereocenters. The van der Waals surface area contributed by atoms with Crippen LogP contribution >= 0.6 is 0 Å². The summed E-state index contributed by atoms with van der Waals surface area (Å²) in [6.07, 6.45) is 0.627. The molecule has 11 heteroatoms. The van der Waals surface area contributed by atoms with E-state index in [1.54, 1.807) is 60.8 Å². The second-order valence-electron chi connectivity index (χ2n) is 11.4. The summed E-state index contributed by atoms with van der Waals surface area (Å²) in [5.41, 5.74) is 2.23. The number of nitrogens with zero attached hydrogens (tertiary/aromatic N) is 4. The third kappa shape index (κ3) is 5.06. The number of methoxy groups -OCH3 is 2. The number of fused-ring (bicyclic) bond motifs is 6. The second-order valence-corrected chi connectivity index (χ2v) is 11.4. The van der Waals surface area contributed by atoms with Crippen LogP contribution in [-0.2, 0) is 28.4 Å². The molecule has 0 N–H and O–H groups in total. The number of hydrogen-bond donors (Lipinski definition) is 0. The van der Waals surface area contributed by atoms with Gasteiger partial charge in [-0.15, -0.1) is 0 Å². The van der Waals surface area contributed by atoms with Crippen LogP contribution < -0.4 is 20.6 Å². The van der Waals surface area contributed by atoms with Crippen molar-refractivity contribution in [1.82, 2.24) is 19.1 Å². The fourth-order valence-electron chi connectivity index (χ4n) is 5.29. The topological polar surface area (TPSA) is 124 Å². The van der Waals surface area contributed by atoms with Crippen LogP contribution in [-0.4, -0.2) is 39.5 Å². The van der Waals surface area contributed by atoms with Crippen molar-refractivity contribution < 1.29 is 23.7 Å². The fraction of sp³-hybridized carbons (Fsp3) is 0.242. The quantitative estimate of drug-likeness (QED) is 0.140. The van der Waals surface area contributed by atoms with E-state index in [0.717, 1.165) is 5.69 Å². The molecule has 44 heavy (non-hydrogen) atoms. The largest absolute Gasteiger partial charge is 0.519 e. The number of aromatic nitrogens is 4. The maximum atomic E-state index is 13.3. The summed E-state index contributed by atoms with van der Waals surface area (Å²) < 4.78 is 24.7. The highest BCUT2D eigenvalue weighted by molar-refractivity contribution is 6.05. The van der Waals surface area contributed by atoms with Crippen LogP contribution in [0.25, 0.3) is 43.6 Å². The Bertz CT molecular complexity index is 2210. The number of carbonyl (C=O) groups is 1. The van der Waals surface area contributed by atoms with Gasteiger partial charge in [-0.2, -0.15) is 0 Å². The minimum Gasteiger partial charge on any atom is -0.395 e. The van der Waals surface area contributed by atoms with Crippen molar-refractivity contribution >= 4 is 49.8 Å². The first-order valence-electron chi connectivity index (χ1n) is 13.9. The van der Waals surface area contributed by atoms with Gasteiger partial charge in [0.15, 0.2) is 0 Å². The lowest BCUT2D eigenvalue weighted by atomic mass is 9.91. The molecule has 0 bridgehead atoms. The Morgan fingerprint density at radius 2 is 1.27 bits per heavy atom. The van der Waals surface area contributed by atoms with Crippen molar-refractivity contribution in [2.45, 2.75) is 39.6 Å². The third-order valence-electron chi connectivity index (χ3n) is 7.37. The molecule has 0 saturated carbocycles. The van der Waals surface area contributed by atoms with E-state index in [1.807, 2.05) is 26.8 Å². The highest BCUT2D eigenvalue weighted by Crippen LogP contribution is 2.30. The van der Waals surface area contributed by atoms with Gasteiger partial charge in [0.25, 0.3) is 11.1 Å². The van der Waals surface area contributed by atoms with Gasteiger partial charge in [-0.3, -0.25) is 28.7 Å². The van der Waals surface area contributed by atoms with Gasteiger partial charge in [-0.1, -0.05) is 20.8 Å². The summed E-state index contributed by atoms with van der Waals surface area (Å²) in [5.74, 6) is 0.407. The van der Waals surface area contributed by atoms with Crippen LogP contribution in [0.3, 0.4) is 0 Å². The normalized spacial score (nSPS) is 11.9. The number of hydrogen-bond acceptors (Lipinski definition) is 9. The summed E-state index contributed by atoms with van der Waals surface area (Å²) in [6.45, 7) is 6.22. The molecule has 0 amide bonds. The molecule has 0 unspecified atom stereocenters. The SMILES string of the molecule is COCn1c(=O)c2cccnc2c2cc(OC(=O)Oc3ccc4c(c3)c3nc(C(C)(C)C)ccc3c(=O)n4COC)ccc21. The van der Waals surface area contributed by atoms with Crippen molar-refractivity contribution in [1.29, 1.82) is 0 Å². The van der Waals surface area contributed by atoms with Gasteiger partial charge < -0.3 is 18.9 Å². The lowest BCUT2D eigenvalue weighted by Crippen LogP contribution is -2.23. The molecule has 0 aliphatic rings. The lowest BCUT2D eigenvalue weighted by Gasteiger charge is -2.19. The number of carbonyl (C=O) groups excluding carboxylic acids is 1. The third-order valence-corrected chi connectivity index (χ3v) is 7.37. The lowest BCUT2D eigenvalue weighted by molar-refractivity contribution is 0.132. The summed E-state index contributed by atoms with van der Waals surface area (Å²) in [6, 6.07) is 16.8. The predicted molar refractivity (Wildman–Crippen MR) is 166 cm³/mol. The van der Waals surface area contributed by atoms with Crippen molar-refractivity contribution in [2.75, 3.05) is 14.2 Å². The predicted octanol–water partition coefficient (Wildman–Crippen LogP) is 5.50. The molecule has 2 aromatic carbocycles. The van der Waals surface area contributed by atoms with Crippen LogP contribution in [0.1, 0.15) is 26.5 Å². The van der Waals surface area contributed by atoms with Crippen LogP contribution in [0.4, 0.5) is 4.79 Å². The summed E-state index contributed by atoms with van der Waals surface area (Å²) in [7, 11) is 3.02. The molecule has 0 fully saturated rings. The van der Waals surface area contributed by atoms with Crippen molar-refractivity contribution in [3.05, 3.63) is 93.3 Å². The Morgan fingerprint density at radius 1 is 0.727 bits per heavy atom. The molecule has 0 spiro atoms. The maximum Gasteiger partial charge on any atom is 0.519 e. The Labute approximate surface area is 251 Å². The van der Waals surface area contributed by atoms with Crippen molar-refractivity contribution in [3.63, 3.8) is 0 Å². The van der Waals surface area contributed by atoms with Crippen LogP contribution in [0.5, 0.6) is 11.5 Å². The van der Waals surface area contributed by atoms with E-state index in [-0.39, 0.29) is 41.5 Å². The number of benzene rings is 2. The van der Waals surface area contributed by atoms with E-state index in [2.05, 4.69) is 4.98 Å². The monoisotopic (exact) mass is 594 g/mol. The standard InChI is InChI=1S/C33H30N4O7/c1-33(2,3)27-13-10-22-29(35-27)24-16-20(9-12-26(24)37(18-42-5)31(22)39)44-32(40)43-19-8-11-25-23(15-19)28-21(7-6-14-34-28)30(38)36(25)17-41-4/h6-16H,17-18H2,1-5H3. The smallest absolute Gasteiger partial charge is 0.395 e. The Morgan fingerprint density at radius 3 is 1.82 bits per heavy atom. The van der Waals surface area contributed by atoms with Gasteiger partial charge in [0.1, 0.15) is 25.0 Å². The second kappa shape index (κ2) is 11.2. The van der Waals surface area contributed by atoms with E-state index in [4.69, 9.17) is 23.9 Å². The fourth-order valence-corrected chi connectivity index (χ4v) is 5.29. The van der Waals surface area contributed by atoms with Crippen molar-refractivity contribution in [2.24, 2.45) is 0 Å². The first kappa shape index (κ1) is 29.0. The Balaban J connectivity index is 1.38. The average molecular weight is 595 g/mol. The zero-order chi connectivity index (χ0) is 31.2. The summed E-state index contributed by atoms with van der Waals surface area (Å²) in [5, 5.41) is 2.06. The molecule has 224 valence electrons. The molecule has 0 aliphatic heterocycles. The highest BCUT2D eigenvalue weighted by Gasteiger charge is 2.20. The minimum atomic E-state index is -0.968. The van der Waals surface area contributed by atoms with E-state index >= 15 is 0 Å².